The second-order valence-corrected chi connectivity index (χ2v) is 5.69. The molecule has 3 aromatic carbocycles. The molecule has 0 bridgehead atoms. The Morgan fingerprint density at radius 1 is 0.760 bits per heavy atom. The molecule has 3 aromatic rings. The summed E-state index contributed by atoms with van der Waals surface area (Å²) < 4.78 is 5.80. The van der Waals surface area contributed by atoms with Crippen LogP contribution in [0.3, 0.4) is 0 Å². The Morgan fingerprint density at radius 2 is 1.32 bits per heavy atom. The second-order valence-electron chi connectivity index (χ2n) is 5.69. The van der Waals surface area contributed by atoms with Crippen LogP contribution in [0.4, 0.5) is 0 Å². The van der Waals surface area contributed by atoms with Crippen molar-refractivity contribution >= 4 is 5.97 Å². The molecule has 0 aliphatic carbocycles. The van der Waals surface area contributed by atoms with Gasteiger partial charge >= 0.3 is 5.97 Å². The molecule has 4 rings (SSSR count). The van der Waals surface area contributed by atoms with Gasteiger partial charge in [0.1, 0.15) is 23.0 Å². The van der Waals surface area contributed by atoms with Crippen molar-refractivity contribution in [3.05, 3.63) is 88.8 Å². The molecule has 0 atom stereocenters. The molecule has 1 heterocycles. The first-order chi connectivity index (χ1) is 12.0. The zero-order chi connectivity index (χ0) is 17.6. The fourth-order valence-electron chi connectivity index (χ4n) is 3.05. The van der Waals surface area contributed by atoms with Gasteiger partial charge in [-0.15, -0.1) is 0 Å². The van der Waals surface area contributed by atoms with E-state index in [0.29, 0.717) is 34.1 Å². The number of aromatic hydroxyl groups is 2. The van der Waals surface area contributed by atoms with Crippen molar-refractivity contribution < 1.29 is 24.9 Å². The van der Waals surface area contributed by atoms with Crippen molar-refractivity contribution in [2.75, 3.05) is 0 Å². The lowest BCUT2D eigenvalue weighted by Gasteiger charge is -2.29. The van der Waals surface area contributed by atoms with Crippen molar-refractivity contribution in [1.82, 2.24) is 0 Å². The third kappa shape index (κ3) is 2.46. The number of carboxylic acids is 1. The summed E-state index contributed by atoms with van der Waals surface area (Å²) in [5.41, 5.74) is 2.05. The molecule has 0 fully saturated rings. The molecule has 0 unspecified atom stereocenters. The zero-order valence-corrected chi connectivity index (χ0v) is 12.9. The summed E-state index contributed by atoms with van der Waals surface area (Å²) in [5.74, 6) is 0.507. The third-order valence-electron chi connectivity index (χ3n) is 4.12. The number of ether oxygens (including phenoxy) is 1. The molecule has 0 spiro atoms. The van der Waals surface area contributed by atoms with Crippen LogP contribution in [-0.2, 0) is 0 Å². The molecule has 25 heavy (non-hydrogen) atoms. The Kier molecular flexibility index (Phi) is 3.35. The molecule has 123 valence electrons. The number of hydrogen-bond acceptors (Lipinski definition) is 4. The van der Waals surface area contributed by atoms with Gasteiger partial charge in [0.05, 0.1) is 11.5 Å². The topological polar surface area (TPSA) is 87.0 Å². The van der Waals surface area contributed by atoms with E-state index < -0.39 is 5.97 Å². The van der Waals surface area contributed by atoms with Crippen LogP contribution >= 0.6 is 0 Å². The SMILES string of the molecule is O=C(O)c1ccccc1[C]1c2ccc(O)cc2Oc2cc(O)ccc21. The average Bonchev–Trinajstić information content (AvgIpc) is 2.59. The molecule has 0 saturated carbocycles. The Hall–Kier alpha value is -3.47. The van der Waals surface area contributed by atoms with Crippen LogP contribution in [0.2, 0.25) is 0 Å². The monoisotopic (exact) mass is 333 g/mol. The summed E-state index contributed by atoms with van der Waals surface area (Å²) in [6.07, 6.45) is 0. The highest BCUT2D eigenvalue weighted by molar-refractivity contribution is 5.92. The summed E-state index contributed by atoms with van der Waals surface area (Å²) in [6, 6.07) is 16.1. The van der Waals surface area contributed by atoms with Gasteiger partial charge in [0.15, 0.2) is 0 Å². The molecule has 1 aliphatic heterocycles. The number of fused-ring (bicyclic) bond motifs is 2. The average molecular weight is 333 g/mol. The van der Waals surface area contributed by atoms with Gasteiger partial charge in [-0.25, -0.2) is 4.79 Å². The van der Waals surface area contributed by atoms with Crippen molar-refractivity contribution in [3.63, 3.8) is 0 Å². The molecule has 0 aromatic heterocycles. The van der Waals surface area contributed by atoms with Gasteiger partial charge in [-0.2, -0.15) is 0 Å². The van der Waals surface area contributed by atoms with Gasteiger partial charge in [0.25, 0.3) is 0 Å². The maximum atomic E-state index is 11.7. The van der Waals surface area contributed by atoms with Gasteiger partial charge in [-0.05, 0) is 23.8 Å². The summed E-state index contributed by atoms with van der Waals surface area (Å²) in [7, 11) is 0. The molecular weight excluding hydrogens is 320 g/mol. The van der Waals surface area contributed by atoms with Crippen LogP contribution in [0.15, 0.2) is 60.7 Å². The first-order valence-electron chi connectivity index (χ1n) is 7.59. The van der Waals surface area contributed by atoms with Crippen LogP contribution in [0.5, 0.6) is 23.0 Å². The van der Waals surface area contributed by atoms with Gasteiger partial charge < -0.3 is 20.1 Å². The number of rotatable bonds is 2. The van der Waals surface area contributed by atoms with Crippen LogP contribution in [-0.4, -0.2) is 21.3 Å². The second kappa shape index (κ2) is 5.56. The number of phenols is 2. The molecule has 0 saturated heterocycles. The van der Waals surface area contributed by atoms with Gasteiger partial charge in [-0.3, -0.25) is 0 Å². The van der Waals surface area contributed by atoms with E-state index in [1.54, 1.807) is 36.4 Å². The zero-order valence-electron chi connectivity index (χ0n) is 12.9. The van der Waals surface area contributed by atoms with Crippen LogP contribution in [0, 0.1) is 5.92 Å². The minimum atomic E-state index is -1.03. The van der Waals surface area contributed by atoms with Gasteiger partial charge in [0.2, 0.25) is 0 Å². The maximum absolute atomic E-state index is 11.7. The van der Waals surface area contributed by atoms with Crippen molar-refractivity contribution in [2.24, 2.45) is 0 Å². The number of carbonyl (C=O) groups is 1. The molecule has 0 amide bonds. The minimum absolute atomic E-state index is 0.0354. The Labute approximate surface area is 143 Å². The highest BCUT2D eigenvalue weighted by Gasteiger charge is 2.32. The normalized spacial score (nSPS) is 12.8. The van der Waals surface area contributed by atoms with Crippen LogP contribution < -0.4 is 4.74 Å². The standard InChI is InChI=1S/C20H13O5/c21-11-5-7-15-17(9-11)25-18-10-12(22)6-8-16(18)19(15)13-3-1-2-4-14(13)20(23)24/h1-10,21-22H,(H,23,24). The fourth-order valence-corrected chi connectivity index (χ4v) is 3.05. The van der Waals surface area contributed by atoms with E-state index in [1.165, 1.54) is 24.3 Å². The van der Waals surface area contributed by atoms with Crippen molar-refractivity contribution in [2.45, 2.75) is 0 Å². The first-order valence-corrected chi connectivity index (χ1v) is 7.59. The fraction of sp³-hybridized carbons (Fsp3) is 0. The van der Waals surface area contributed by atoms with Crippen LogP contribution in [0.1, 0.15) is 27.0 Å². The highest BCUT2D eigenvalue weighted by Crippen LogP contribution is 2.48. The minimum Gasteiger partial charge on any atom is -0.508 e. The van der Waals surface area contributed by atoms with Crippen molar-refractivity contribution in [3.8, 4) is 23.0 Å². The summed E-state index contributed by atoms with van der Waals surface area (Å²) >= 11 is 0. The number of phenolic OH excluding ortho intramolecular Hbond substituents is 2. The van der Waals surface area contributed by atoms with Gasteiger partial charge in [-0.1, -0.05) is 30.3 Å². The molecule has 1 radical (unpaired) electrons. The molecule has 3 N–H and O–H groups in total. The largest absolute Gasteiger partial charge is 0.508 e. The Morgan fingerprint density at radius 3 is 1.88 bits per heavy atom. The molecule has 5 heteroatoms. The summed E-state index contributed by atoms with van der Waals surface area (Å²) in [6.45, 7) is 0. The molecular formula is C20H13O5. The number of benzene rings is 3. The number of hydrogen-bond donors (Lipinski definition) is 3. The third-order valence-corrected chi connectivity index (χ3v) is 4.12. The Bertz CT molecular complexity index is 942. The van der Waals surface area contributed by atoms with Gasteiger partial charge in [0, 0.05) is 23.3 Å². The lowest BCUT2D eigenvalue weighted by molar-refractivity contribution is 0.0696. The Balaban J connectivity index is 2.01. The van der Waals surface area contributed by atoms with Crippen molar-refractivity contribution in [1.29, 1.82) is 0 Å². The maximum Gasteiger partial charge on any atom is 0.336 e. The van der Waals surface area contributed by atoms with E-state index in [9.17, 15) is 20.1 Å². The summed E-state index contributed by atoms with van der Waals surface area (Å²) in [5, 5.41) is 29.1. The quantitative estimate of drug-likeness (QED) is 0.517. The number of aromatic carboxylic acids is 1. The van der Waals surface area contributed by atoms with E-state index in [2.05, 4.69) is 0 Å². The van der Waals surface area contributed by atoms with E-state index >= 15 is 0 Å². The predicted molar refractivity (Wildman–Crippen MR) is 90.2 cm³/mol. The van der Waals surface area contributed by atoms with E-state index in [0.717, 1.165) is 0 Å². The lowest BCUT2D eigenvalue weighted by Crippen LogP contribution is -2.15. The molecule has 1 aliphatic rings. The number of carboxylic acid groups (broad SMARTS) is 1. The predicted octanol–water partition coefficient (Wildman–Crippen LogP) is 3.92. The lowest BCUT2D eigenvalue weighted by atomic mass is 9.80. The van der Waals surface area contributed by atoms with E-state index in [1.807, 2.05) is 0 Å². The molecule has 5 nitrogen and oxygen atoms in total. The van der Waals surface area contributed by atoms with E-state index in [-0.39, 0.29) is 17.1 Å². The first kappa shape index (κ1) is 15.1. The highest BCUT2D eigenvalue weighted by atomic mass is 16.5. The van der Waals surface area contributed by atoms with E-state index in [4.69, 9.17) is 4.74 Å². The summed E-state index contributed by atoms with van der Waals surface area (Å²) in [4.78, 5) is 11.7. The smallest absolute Gasteiger partial charge is 0.336 e. The van der Waals surface area contributed by atoms with Crippen LogP contribution in [0.25, 0.3) is 0 Å².